The molecule has 0 atom stereocenters. The Morgan fingerprint density at radius 1 is 1.62 bits per heavy atom. The van der Waals surface area contributed by atoms with Gasteiger partial charge in [0, 0.05) is 11.5 Å². The molecule has 0 saturated carbocycles. The molecule has 0 bridgehead atoms. The van der Waals surface area contributed by atoms with Gasteiger partial charge in [-0.15, -0.1) is 0 Å². The summed E-state index contributed by atoms with van der Waals surface area (Å²) in [4.78, 5) is 11.1. The highest BCUT2D eigenvalue weighted by Crippen LogP contribution is 2.22. The Labute approximate surface area is 77.1 Å². The van der Waals surface area contributed by atoms with Crippen LogP contribution in [0.25, 0.3) is 0 Å². The quantitative estimate of drug-likeness (QED) is 0.696. The Kier molecular flexibility index (Phi) is 2.52. The molecule has 0 fully saturated rings. The number of carbonyl (C=O) groups is 1. The molecule has 0 saturated heterocycles. The van der Waals surface area contributed by atoms with E-state index in [-0.39, 0.29) is 17.7 Å². The van der Waals surface area contributed by atoms with Crippen LogP contribution < -0.4 is 5.73 Å². The molecule has 1 rings (SSSR count). The largest absolute Gasteiger partial charge is 0.360 e. The Bertz CT molecular complexity index is 310. The van der Waals surface area contributed by atoms with Crippen LogP contribution in [-0.2, 0) is 5.41 Å². The van der Waals surface area contributed by atoms with E-state index >= 15 is 0 Å². The van der Waals surface area contributed by atoms with Crippen molar-refractivity contribution < 1.29 is 9.32 Å². The van der Waals surface area contributed by atoms with Crippen molar-refractivity contribution in [3.05, 3.63) is 17.5 Å². The van der Waals surface area contributed by atoms with E-state index in [1.54, 1.807) is 6.07 Å². The molecular weight excluding hydrogens is 168 g/mol. The lowest BCUT2D eigenvalue weighted by Gasteiger charge is -2.11. The second kappa shape index (κ2) is 3.30. The van der Waals surface area contributed by atoms with Gasteiger partial charge in [-0.25, -0.2) is 0 Å². The molecule has 4 heteroatoms. The number of carbonyl (C=O) groups excluding carboxylic acids is 1. The second-order valence-corrected chi connectivity index (χ2v) is 3.95. The zero-order valence-electron chi connectivity index (χ0n) is 8.13. The molecule has 0 aliphatic carbocycles. The van der Waals surface area contributed by atoms with Gasteiger partial charge in [-0.05, 0) is 0 Å². The van der Waals surface area contributed by atoms with Gasteiger partial charge in [0.15, 0.2) is 11.5 Å². The molecule has 0 aliphatic rings. The number of nitrogens with zero attached hydrogens (tertiary/aromatic N) is 1. The first-order valence-electron chi connectivity index (χ1n) is 4.15. The minimum Gasteiger partial charge on any atom is -0.360 e. The zero-order valence-corrected chi connectivity index (χ0v) is 8.13. The highest BCUT2D eigenvalue weighted by Gasteiger charge is 2.21. The smallest absolute Gasteiger partial charge is 0.198 e. The number of Topliss-reactive ketones (excluding diaryl/α,β-unsaturated/α-hetero) is 1. The molecule has 72 valence electrons. The summed E-state index contributed by atoms with van der Waals surface area (Å²) >= 11 is 0. The van der Waals surface area contributed by atoms with Crippen LogP contribution in [-0.4, -0.2) is 17.5 Å². The fraction of sp³-hybridized carbons (Fsp3) is 0.556. The number of ketones is 1. The lowest BCUT2D eigenvalue weighted by molar-refractivity contribution is 0.0992. The molecule has 0 amide bonds. The summed E-state index contributed by atoms with van der Waals surface area (Å²) in [5, 5.41) is 3.65. The molecule has 0 spiro atoms. The summed E-state index contributed by atoms with van der Waals surface area (Å²) in [6, 6.07) is 1.65. The number of hydrogen-bond acceptors (Lipinski definition) is 4. The lowest BCUT2D eigenvalue weighted by atomic mass is 9.93. The molecule has 0 radical (unpaired) electrons. The maximum Gasteiger partial charge on any atom is 0.198 e. The van der Waals surface area contributed by atoms with E-state index < -0.39 is 0 Å². The maximum atomic E-state index is 11.1. The first-order chi connectivity index (χ1) is 5.95. The second-order valence-electron chi connectivity index (χ2n) is 3.95. The van der Waals surface area contributed by atoms with Crippen LogP contribution in [0.15, 0.2) is 10.6 Å². The molecule has 1 heterocycles. The third-order valence-corrected chi connectivity index (χ3v) is 1.72. The van der Waals surface area contributed by atoms with Crippen molar-refractivity contribution in [3.8, 4) is 0 Å². The van der Waals surface area contributed by atoms with Crippen LogP contribution in [0, 0.1) is 0 Å². The van der Waals surface area contributed by atoms with E-state index in [1.165, 1.54) is 0 Å². The molecule has 1 aromatic rings. The van der Waals surface area contributed by atoms with E-state index in [0.29, 0.717) is 11.5 Å². The van der Waals surface area contributed by atoms with Crippen LogP contribution in [0.1, 0.15) is 37.0 Å². The number of nitrogens with two attached hydrogens (primary N) is 1. The summed E-state index contributed by atoms with van der Waals surface area (Å²) in [7, 11) is 0. The molecule has 0 aromatic carbocycles. The summed E-state index contributed by atoms with van der Waals surface area (Å²) in [6.45, 7) is 5.94. The Hall–Kier alpha value is -1.16. The summed E-state index contributed by atoms with van der Waals surface area (Å²) in [5.41, 5.74) is 5.38. The summed E-state index contributed by atoms with van der Waals surface area (Å²) in [6.07, 6.45) is 0. The third-order valence-electron chi connectivity index (χ3n) is 1.72. The first kappa shape index (κ1) is 9.92. The van der Waals surface area contributed by atoms with Gasteiger partial charge >= 0.3 is 0 Å². The number of aromatic nitrogens is 1. The van der Waals surface area contributed by atoms with Crippen molar-refractivity contribution >= 4 is 5.78 Å². The molecule has 2 N–H and O–H groups in total. The van der Waals surface area contributed by atoms with E-state index in [1.807, 2.05) is 20.8 Å². The van der Waals surface area contributed by atoms with E-state index in [2.05, 4.69) is 5.16 Å². The highest BCUT2D eigenvalue weighted by atomic mass is 16.5. The zero-order chi connectivity index (χ0) is 10.1. The Morgan fingerprint density at radius 3 is 2.62 bits per heavy atom. The Morgan fingerprint density at radius 2 is 2.23 bits per heavy atom. The van der Waals surface area contributed by atoms with Crippen molar-refractivity contribution in [2.24, 2.45) is 5.73 Å². The van der Waals surface area contributed by atoms with Crippen LogP contribution in [0.4, 0.5) is 0 Å². The fourth-order valence-corrected chi connectivity index (χ4v) is 0.865. The third kappa shape index (κ3) is 2.15. The maximum absolute atomic E-state index is 11.1. The number of rotatable bonds is 2. The van der Waals surface area contributed by atoms with Gasteiger partial charge < -0.3 is 10.3 Å². The summed E-state index contributed by atoms with van der Waals surface area (Å²) < 4.78 is 5.03. The predicted molar refractivity (Wildman–Crippen MR) is 48.6 cm³/mol. The van der Waals surface area contributed by atoms with Gasteiger partial charge in [-0.1, -0.05) is 25.9 Å². The molecule has 1 aromatic heterocycles. The van der Waals surface area contributed by atoms with Crippen molar-refractivity contribution in [2.45, 2.75) is 26.2 Å². The first-order valence-corrected chi connectivity index (χ1v) is 4.15. The molecular formula is C9H14N2O2. The van der Waals surface area contributed by atoms with Gasteiger partial charge in [0.25, 0.3) is 0 Å². The normalized spacial score (nSPS) is 11.7. The molecule has 13 heavy (non-hydrogen) atoms. The standard InChI is InChI=1S/C9H14N2O2/c1-9(2,3)8-4-6(11-13-8)7(12)5-10/h4H,5,10H2,1-3H3. The SMILES string of the molecule is CC(C)(C)c1cc(C(=O)CN)no1. The van der Waals surface area contributed by atoms with Crippen LogP contribution in [0.5, 0.6) is 0 Å². The number of hydrogen-bond donors (Lipinski definition) is 1. The van der Waals surface area contributed by atoms with Gasteiger partial charge in [0.2, 0.25) is 0 Å². The lowest BCUT2D eigenvalue weighted by Crippen LogP contribution is -2.14. The van der Waals surface area contributed by atoms with Gasteiger partial charge in [-0.2, -0.15) is 0 Å². The van der Waals surface area contributed by atoms with E-state index in [0.717, 1.165) is 0 Å². The van der Waals surface area contributed by atoms with E-state index in [4.69, 9.17) is 10.3 Å². The predicted octanol–water partition coefficient (Wildman–Crippen LogP) is 1.11. The van der Waals surface area contributed by atoms with Gasteiger partial charge in [-0.3, -0.25) is 4.79 Å². The van der Waals surface area contributed by atoms with Crippen LogP contribution >= 0.6 is 0 Å². The average molecular weight is 182 g/mol. The molecule has 0 aliphatic heterocycles. The fourth-order valence-electron chi connectivity index (χ4n) is 0.865. The minimum atomic E-state index is -0.195. The van der Waals surface area contributed by atoms with Crippen LogP contribution in [0.2, 0.25) is 0 Å². The van der Waals surface area contributed by atoms with Gasteiger partial charge in [0.1, 0.15) is 5.76 Å². The monoisotopic (exact) mass is 182 g/mol. The van der Waals surface area contributed by atoms with Crippen molar-refractivity contribution in [2.75, 3.05) is 6.54 Å². The Balaban J connectivity index is 2.93. The van der Waals surface area contributed by atoms with E-state index in [9.17, 15) is 4.79 Å². The molecule has 0 unspecified atom stereocenters. The van der Waals surface area contributed by atoms with Gasteiger partial charge in [0.05, 0.1) is 6.54 Å². The average Bonchev–Trinajstić information content (AvgIpc) is 2.50. The van der Waals surface area contributed by atoms with Crippen molar-refractivity contribution in [1.82, 2.24) is 5.16 Å². The summed E-state index contributed by atoms with van der Waals surface area (Å²) in [5.74, 6) is 0.503. The topological polar surface area (TPSA) is 69.1 Å². The highest BCUT2D eigenvalue weighted by molar-refractivity contribution is 5.95. The van der Waals surface area contributed by atoms with Crippen molar-refractivity contribution in [1.29, 1.82) is 0 Å². The molecule has 4 nitrogen and oxygen atoms in total. The minimum absolute atomic E-state index is 0.0316. The van der Waals surface area contributed by atoms with Crippen LogP contribution in [0.3, 0.4) is 0 Å². The van der Waals surface area contributed by atoms with Crippen molar-refractivity contribution in [3.63, 3.8) is 0 Å².